The lowest BCUT2D eigenvalue weighted by Crippen LogP contribution is -2.50. The number of rotatable bonds is 6. The molecule has 0 aromatic heterocycles. The zero-order chi connectivity index (χ0) is 11.3. The smallest absolute Gasteiger partial charge is 0.222 e. The van der Waals surface area contributed by atoms with Crippen molar-refractivity contribution in [2.45, 2.75) is 70.4 Å². The van der Waals surface area contributed by atoms with E-state index in [9.17, 15) is 4.79 Å². The topological polar surface area (TPSA) is 55.1 Å². The fourth-order valence-corrected chi connectivity index (χ4v) is 2.04. The Morgan fingerprint density at radius 3 is 2.67 bits per heavy atom. The molecule has 0 saturated heterocycles. The highest BCUT2D eigenvalue weighted by Gasteiger charge is 2.34. The molecule has 0 spiro atoms. The first-order valence-corrected chi connectivity index (χ1v) is 6.14. The number of nitrogens with one attached hydrogen (secondary N) is 1. The van der Waals surface area contributed by atoms with Gasteiger partial charge in [0, 0.05) is 18.0 Å². The summed E-state index contributed by atoms with van der Waals surface area (Å²) < 4.78 is 0. The third kappa shape index (κ3) is 4.20. The van der Waals surface area contributed by atoms with E-state index < -0.39 is 0 Å². The molecular weight excluding hydrogens is 188 g/mol. The summed E-state index contributed by atoms with van der Waals surface area (Å²) in [6.45, 7) is 4.23. The molecule has 0 aromatic carbocycles. The van der Waals surface area contributed by atoms with Crippen molar-refractivity contribution in [1.29, 1.82) is 0 Å². The maximum atomic E-state index is 11.6. The van der Waals surface area contributed by atoms with Gasteiger partial charge in [-0.05, 0) is 32.6 Å². The highest BCUT2D eigenvalue weighted by molar-refractivity contribution is 5.77. The maximum absolute atomic E-state index is 11.6. The van der Waals surface area contributed by atoms with Crippen LogP contribution in [0.4, 0.5) is 0 Å². The summed E-state index contributed by atoms with van der Waals surface area (Å²) in [5, 5.41) is 3.02. The van der Waals surface area contributed by atoms with Crippen molar-refractivity contribution in [2.75, 3.05) is 0 Å². The van der Waals surface area contributed by atoms with Crippen LogP contribution in [0.15, 0.2) is 0 Å². The van der Waals surface area contributed by atoms with E-state index >= 15 is 0 Å². The van der Waals surface area contributed by atoms with Crippen molar-refractivity contribution in [2.24, 2.45) is 5.73 Å². The Morgan fingerprint density at radius 1 is 1.53 bits per heavy atom. The first kappa shape index (κ1) is 12.5. The summed E-state index contributed by atoms with van der Waals surface area (Å²) in [7, 11) is 0. The highest BCUT2D eigenvalue weighted by atomic mass is 16.1. The van der Waals surface area contributed by atoms with Crippen molar-refractivity contribution in [3.63, 3.8) is 0 Å². The minimum Gasteiger partial charge on any atom is -0.354 e. The summed E-state index contributed by atoms with van der Waals surface area (Å²) in [6.07, 6.45) is 7.11. The van der Waals surface area contributed by atoms with Crippen LogP contribution in [0, 0.1) is 0 Å². The lowest BCUT2D eigenvalue weighted by Gasteiger charge is -2.37. The van der Waals surface area contributed by atoms with Crippen LogP contribution in [-0.4, -0.2) is 17.5 Å². The number of hydrogen-bond donors (Lipinski definition) is 2. The van der Waals surface area contributed by atoms with Crippen LogP contribution >= 0.6 is 0 Å². The molecule has 3 nitrogen and oxygen atoms in total. The molecule has 3 N–H and O–H groups in total. The van der Waals surface area contributed by atoms with Gasteiger partial charge in [0.25, 0.3) is 0 Å². The number of nitrogens with two attached hydrogens (primary N) is 1. The first-order chi connectivity index (χ1) is 7.06. The molecule has 1 unspecified atom stereocenters. The molecule has 1 aliphatic carbocycles. The minimum atomic E-state index is -0.186. The maximum Gasteiger partial charge on any atom is 0.222 e. The lowest BCUT2D eigenvalue weighted by molar-refractivity contribution is -0.123. The zero-order valence-electron chi connectivity index (χ0n) is 10.0. The van der Waals surface area contributed by atoms with E-state index in [2.05, 4.69) is 19.2 Å². The largest absolute Gasteiger partial charge is 0.354 e. The van der Waals surface area contributed by atoms with Gasteiger partial charge in [-0.3, -0.25) is 4.79 Å². The number of hydrogen-bond acceptors (Lipinski definition) is 2. The van der Waals surface area contributed by atoms with E-state index in [4.69, 9.17) is 5.73 Å². The molecule has 1 rings (SSSR count). The Bertz CT molecular complexity index is 212. The molecule has 0 bridgehead atoms. The van der Waals surface area contributed by atoms with E-state index in [-0.39, 0.29) is 11.4 Å². The molecule has 88 valence electrons. The van der Waals surface area contributed by atoms with E-state index in [1.807, 2.05) is 0 Å². The summed E-state index contributed by atoms with van der Waals surface area (Å²) in [4.78, 5) is 11.6. The summed E-state index contributed by atoms with van der Waals surface area (Å²) >= 11 is 0. The molecule has 3 heteroatoms. The molecule has 0 aliphatic heterocycles. The Balaban J connectivity index is 2.17. The Morgan fingerprint density at radius 2 is 2.20 bits per heavy atom. The highest BCUT2D eigenvalue weighted by Crippen LogP contribution is 2.31. The van der Waals surface area contributed by atoms with Crippen LogP contribution in [-0.2, 0) is 4.79 Å². The van der Waals surface area contributed by atoms with Crippen LogP contribution in [0.5, 0.6) is 0 Å². The van der Waals surface area contributed by atoms with Crippen molar-refractivity contribution >= 4 is 5.91 Å². The normalized spacial score (nSPS) is 20.5. The van der Waals surface area contributed by atoms with Crippen LogP contribution in [0.25, 0.3) is 0 Å². The summed E-state index contributed by atoms with van der Waals surface area (Å²) in [6, 6.07) is 0.293. The summed E-state index contributed by atoms with van der Waals surface area (Å²) in [5.74, 6) is 0.126. The van der Waals surface area contributed by atoms with Gasteiger partial charge >= 0.3 is 0 Å². The van der Waals surface area contributed by atoms with Gasteiger partial charge in [0.2, 0.25) is 5.91 Å². The third-order valence-corrected chi connectivity index (χ3v) is 3.26. The molecule has 0 heterocycles. The molecule has 1 fully saturated rings. The Hall–Kier alpha value is -0.570. The third-order valence-electron chi connectivity index (χ3n) is 3.26. The molecule has 0 radical (unpaired) electrons. The van der Waals surface area contributed by atoms with Gasteiger partial charge in [-0.15, -0.1) is 0 Å². The average Bonchev–Trinajstić information content (AvgIpc) is 2.12. The number of carbonyl (C=O) groups is 1. The van der Waals surface area contributed by atoms with Gasteiger partial charge in [0.15, 0.2) is 0 Å². The van der Waals surface area contributed by atoms with Gasteiger partial charge in [0.1, 0.15) is 0 Å². The zero-order valence-corrected chi connectivity index (χ0v) is 10.0. The average molecular weight is 212 g/mol. The van der Waals surface area contributed by atoms with Crippen LogP contribution < -0.4 is 11.1 Å². The number of carbonyl (C=O) groups excluding carboxylic acids is 1. The van der Waals surface area contributed by atoms with E-state index in [1.165, 1.54) is 19.3 Å². The predicted octanol–water partition coefficient (Wildman–Crippen LogP) is 1.95. The molecule has 1 saturated carbocycles. The van der Waals surface area contributed by atoms with E-state index in [0.29, 0.717) is 12.5 Å². The number of amides is 1. The quantitative estimate of drug-likeness (QED) is 0.707. The van der Waals surface area contributed by atoms with Gasteiger partial charge in [-0.1, -0.05) is 19.8 Å². The second-order valence-corrected chi connectivity index (χ2v) is 5.00. The molecule has 15 heavy (non-hydrogen) atoms. The standard InChI is InChI=1S/C12H24N2O/c1-3-4-6-10(2)14-11(15)9-12(13)7-5-8-12/h10H,3-9,13H2,1-2H3,(H,14,15). The molecule has 1 atom stereocenters. The van der Waals surface area contributed by atoms with Crippen LogP contribution in [0.2, 0.25) is 0 Å². The second kappa shape index (κ2) is 5.50. The monoisotopic (exact) mass is 212 g/mol. The first-order valence-electron chi connectivity index (χ1n) is 6.14. The Kier molecular flexibility index (Phi) is 4.58. The molecule has 1 aliphatic rings. The lowest BCUT2D eigenvalue weighted by atomic mass is 9.75. The number of unbranched alkanes of at least 4 members (excludes halogenated alkanes) is 1. The van der Waals surface area contributed by atoms with Gasteiger partial charge in [-0.2, -0.15) is 0 Å². The van der Waals surface area contributed by atoms with Gasteiger partial charge < -0.3 is 11.1 Å². The molecule has 0 aromatic rings. The van der Waals surface area contributed by atoms with Gasteiger partial charge in [0.05, 0.1) is 0 Å². The van der Waals surface area contributed by atoms with Crippen molar-refractivity contribution in [3.8, 4) is 0 Å². The fourth-order valence-electron chi connectivity index (χ4n) is 2.04. The van der Waals surface area contributed by atoms with Gasteiger partial charge in [-0.25, -0.2) is 0 Å². The fraction of sp³-hybridized carbons (Fsp3) is 0.917. The van der Waals surface area contributed by atoms with E-state index in [0.717, 1.165) is 19.3 Å². The summed E-state index contributed by atoms with van der Waals surface area (Å²) in [5.41, 5.74) is 5.83. The molecule has 1 amide bonds. The van der Waals surface area contributed by atoms with Crippen molar-refractivity contribution in [3.05, 3.63) is 0 Å². The van der Waals surface area contributed by atoms with Crippen LogP contribution in [0.3, 0.4) is 0 Å². The van der Waals surface area contributed by atoms with Crippen LogP contribution in [0.1, 0.15) is 58.8 Å². The van der Waals surface area contributed by atoms with E-state index in [1.54, 1.807) is 0 Å². The Labute approximate surface area is 92.8 Å². The van der Waals surface area contributed by atoms with Crippen molar-refractivity contribution < 1.29 is 4.79 Å². The van der Waals surface area contributed by atoms with Crippen molar-refractivity contribution in [1.82, 2.24) is 5.32 Å². The molecular formula is C12H24N2O. The SMILES string of the molecule is CCCCC(C)NC(=O)CC1(N)CCC1. The predicted molar refractivity (Wildman–Crippen MR) is 62.5 cm³/mol. The minimum absolute atomic E-state index is 0.126. The second-order valence-electron chi connectivity index (χ2n) is 5.00.